The second-order valence-corrected chi connectivity index (χ2v) is 5.44. The van der Waals surface area contributed by atoms with Crippen molar-refractivity contribution < 1.29 is 4.74 Å². The number of aryl methyl sites for hydroxylation is 2. The number of aromatic nitrogens is 2. The molecule has 0 saturated heterocycles. The van der Waals surface area contributed by atoms with Gasteiger partial charge in [0.1, 0.15) is 5.75 Å². The van der Waals surface area contributed by atoms with Gasteiger partial charge in [0.05, 0.1) is 23.5 Å². The first-order valence-electron chi connectivity index (χ1n) is 7.14. The van der Waals surface area contributed by atoms with Crippen molar-refractivity contribution in [3.63, 3.8) is 0 Å². The largest absolute Gasteiger partial charge is 0.497 e. The van der Waals surface area contributed by atoms with Crippen molar-refractivity contribution >= 4 is 11.6 Å². The molecule has 114 valence electrons. The summed E-state index contributed by atoms with van der Waals surface area (Å²) >= 11 is 6.36. The molecule has 0 fully saturated rings. The zero-order valence-corrected chi connectivity index (χ0v) is 13.7. The molecule has 0 bridgehead atoms. The maximum atomic E-state index is 6.36. The van der Waals surface area contributed by atoms with E-state index < -0.39 is 0 Å². The number of nitrogens with zero attached hydrogens (tertiary/aromatic N) is 2. The second-order valence-electron chi connectivity index (χ2n) is 5.06. The summed E-state index contributed by atoms with van der Waals surface area (Å²) < 4.78 is 7.11. The number of rotatable bonds is 6. The lowest BCUT2D eigenvalue weighted by Crippen LogP contribution is -2.20. The molecule has 21 heavy (non-hydrogen) atoms. The minimum Gasteiger partial charge on any atom is -0.497 e. The third kappa shape index (κ3) is 3.57. The average Bonchev–Trinajstić information content (AvgIpc) is 2.79. The predicted molar refractivity (Wildman–Crippen MR) is 85.8 cm³/mol. The van der Waals surface area contributed by atoms with E-state index in [-0.39, 0.29) is 6.04 Å². The Hall–Kier alpha value is -1.52. The molecule has 1 aromatic heterocycles. The molecule has 0 radical (unpaired) electrons. The van der Waals surface area contributed by atoms with E-state index in [0.29, 0.717) is 6.54 Å². The van der Waals surface area contributed by atoms with Gasteiger partial charge in [0.25, 0.3) is 0 Å². The van der Waals surface area contributed by atoms with Gasteiger partial charge in [-0.3, -0.25) is 4.68 Å². The molecular weight excluding hydrogens is 286 g/mol. The Kier molecular flexibility index (Phi) is 5.26. The van der Waals surface area contributed by atoms with Gasteiger partial charge < -0.3 is 10.1 Å². The van der Waals surface area contributed by atoms with Crippen LogP contribution in [0.5, 0.6) is 5.75 Å². The number of ether oxygens (including phenoxy) is 1. The normalized spacial score (nSPS) is 12.4. The molecule has 5 heteroatoms. The molecule has 1 atom stereocenters. The average molecular weight is 308 g/mol. The summed E-state index contributed by atoms with van der Waals surface area (Å²) in [7, 11) is 3.61. The third-order valence-electron chi connectivity index (χ3n) is 3.67. The van der Waals surface area contributed by atoms with Crippen LogP contribution in [0.3, 0.4) is 0 Å². The standard InChI is InChI=1S/C16H22ClN3O/c1-5-14-16(17)15(20(3)19-14)10-18-11(2)12-7-6-8-13(9-12)21-4/h6-9,11,18H,5,10H2,1-4H3/t11-/m1/s1. The van der Waals surface area contributed by atoms with Crippen LogP contribution >= 0.6 is 11.6 Å². The Balaban J connectivity index is 2.07. The molecule has 0 spiro atoms. The van der Waals surface area contributed by atoms with E-state index in [2.05, 4.69) is 30.3 Å². The number of methoxy groups -OCH3 is 1. The van der Waals surface area contributed by atoms with Gasteiger partial charge in [-0.05, 0) is 31.0 Å². The summed E-state index contributed by atoms with van der Waals surface area (Å²) in [6.45, 7) is 4.87. The van der Waals surface area contributed by atoms with Crippen LogP contribution in [0.15, 0.2) is 24.3 Å². The van der Waals surface area contributed by atoms with Crippen molar-refractivity contribution in [3.8, 4) is 5.75 Å². The Morgan fingerprint density at radius 3 is 2.81 bits per heavy atom. The van der Waals surface area contributed by atoms with Crippen molar-refractivity contribution in [3.05, 3.63) is 46.2 Å². The first-order chi connectivity index (χ1) is 10.1. The number of halogens is 1. The van der Waals surface area contributed by atoms with Gasteiger partial charge in [-0.1, -0.05) is 30.7 Å². The molecule has 1 N–H and O–H groups in total. The lowest BCUT2D eigenvalue weighted by Gasteiger charge is -2.15. The Morgan fingerprint density at radius 1 is 1.43 bits per heavy atom. The monoisotopic (exact) mass is 307 g/mol. The fourth-order valence-electron chi connectivity index (χ4n) is 2.29. The Labute approximate surface area is 131 Å². The molecule has 1 heterocycles. The number of hydrogen-bond acceptors (Lipinski definition) is 3. The van der Waals surface area contributed by atoms with Crippen molar-refractivity contribution in [2.24, 2.45) is 7.05 Å². The van der Waals surface area contributed by atoms with Crippen LogP contribution in [0.25, 0.3) is 0 Å². The van der Waals surface area contributed by atoms with Crippen LogP contribution in [0, 0.1) is 0 Å². The van der Waals surface area contributed by atoms with Gasteiger partial charge >= 0.3 is 0 Å². The molecular formula is C16H22ClN3O. The van der Waals surface area contributed by atoms with E-state index in [0.717, 1.165) is 28.6 Å². The molecule has 0 amide bonds. The predicted octanol–water partition coefficient (Wildman–Crippen LogP) is 3.50. The molecule has 4 nitrogen and oxygen atoms in total. The first-order valence-corrected chi connectivity index (χ1v) is 7.52. The van der Waals surface area contributed by atoms with Gasteiger partial charge in [-0.2, -0.15) is 5.10 Å². The third-order valence-corrected chi connectivity index (χ3v) is 4.11. The van der Waals surface area contributed by atoms with E-state index >= 15 is 0 Å². The molecule has 0 unspecified atom stereocenters. The lowest BCUT2D eigenvalue weighted by molar-refractivity contribution is 0.413. The molecule has 1 aromatic carbocycles. The van der Waals surface area contributed by atoms with E-state index in [9.17, 15) is 0 Å². The fraction of sp³-hybridized carbons (Fsp3) is 0.438. The molecule has 0 aliphatic rings. The summed E-state index contributed by atoms with van der Waals surface area (Å²) in [5.41, 5.74) is 3.15. The molecule has 0 saturated carbocycles. The zero-order chi connectivity index (χ0) is 15.4. The first kappa shape index (κ1) is 15.9. The number of hydrogen-bond donors (Lipinski definition) is 1. The molecule has 0 aliphatic heterocycles. The Bertz CT molecular complexity index is 610. The van der Waals surface area contributed by atoms with E-state index in [4.69, 9.17) is 16.3 Å². The summed E-state index contributed by atoms with van der Waals surface area (Å²) in [4.78, 5) is 0. The van der Waals surface area contributed by atoms with Crippen molar-refractivity contribution in [1.29, 1.82) is 0 Å². The topological polar surface area (TPSA) is 39.1 Å². The van der Waals surface area contributed by atoms with E-state index in [1.54, 1.807) is 7.11 Å². The highest BCUT2D eigenvalue weighted by atomic mass is 35.5. The second kappa shape index (κ2) is 6.96. The summed E-state index contributed by atoms with van der Waals surface area (Å²) in [5, 5.41) is 8.69. The number of benzene rings is 1. The van der Waals surface area contributed by atoms with Crippen molar-refractivity contribution in [2.75, 3.05) is 7.11 Å². The minimum atomic E-state index is 0.205. The van der Waals surface area contributed by atoms with E-state index in [1.807, 2.05) is 29.9 Å². The van der Waals surface area contributed by atoms with E-state index in [1.165, 1.54) is 5.56 Å². The van der Waals surface area contributed by atoms with Crippen LogP contribution in [0.1, 0.15) is 36.8 Å². The van der Waals surface area contributed by atoms with Gasteiger partial charge in [0.2, 0.25) is 0 Å². The summed E-state index contributed by atoms with van der Waals surface area (Å²) in [6, 6.07) is 8.28. The maximum absolute atomic E-state index is 6.36. The van der Waals surface area contributed by atoms with Crippen LogP contribution in [-0.4, -0.2) is 16.9 Å². The zero-order valence-electron chi connectivity index (χ0n) is 13.0. The van der Waals surface area contributed by atoms with Crippen LogP contribution in [0.4, 0.5) is 0 Å². The lowest BCUT2D eigenvalue weighted by atomic mass is 10.1. The molecule has 2 aromatic rings. The molecule has 0 aliphatic carbocycles. The summed E-state index contributed by atoms with van der Waals surface area (Å²) in [5.74, 6) is 0.869. The van der Waals surface area contributed by atoms with Crippen LogP contribution in [0.2, 0.25) is 5.02 Å². The van der Waals surface area contributed by atoms with Gasteiger partial charge in [0.15, 0.2) is 0 Å². The molecule has 2 rings (SSSR count). The minimum absolute atomic E-state index is 0.205. The highest BCUT2D eigenvalue weighted by Gasteiger charge is 2.14. The van der Waals surface area contributed by atoms with Gasteiger partial charge in [0, 0.05) is 19.6 Å². The van der Waals surface area contributed by atoms with Gasteiger partial charge in [-0.15, -0.1) is 0 Å². The highest BCUT2D eigenvalue weighted by molar-refractivity contribution is 6.31. The van der Waals surface area contributed by atoms with Crippen LogP contribution < -0.4 is 10.1 Å². The maximum Gasteiger partial charge on any atom is 0.119 e. The smallest absolute Gasteiger partial charge is 0.119 e. The van der Waals surface area contributed by atoms with Crippen LogP contribution in [-0.2, 0) is 20.0 Å². The Morgan fingerprint density at radius 2 is 2.19 bits per heavy atom. The number of nitrogens with one attached hydrogen (secondary N) is 1. The van der Waals surface area contributed by atoms with Gasteiger partial charge in [-0.25, -0.2) is 0 Å². The highest BCUT2D eigenvalue weighted by Crippen LogP contribution is 2.23. The SMILES string of the molecule is CCc1nn(C)c(CN[C@H](C)c2cccc(OC)c2)c1Cl. The van der Waals surface area contributed by atoms with Crippen molar-refractivity contribution in [1.82, 2.24) is 15.1 Å². The summed E-state index contributed by atoms with van der Waals surface area (Å²) in [6.07, 6.45) is 0.845. The quantitative estimate of drug-likeness (QED) is 0.888. The fourth-order valence-corrected chi connectivity index (χ4v) is 2.65. The van der Waals surface area contributed by atoms with Crippen molar-refractivity contribution in [2.45, 2.75) is 32.9 Å².